The molecule has 0 spiro atoms. The highest BCUT2D eigenvalue weighted by Crippen LogP contribution is 2.46. The van der Waals surface area contributed by atoms with Crippen LogP contribution in [0.1, 0.15) is 41.5 Å². The maximum atomic E-state index is 13.1. The first-order valence-electron chi connectivity index (χ1n) is 13.3. The molecular formula is C31H35NO8. The van der Waals surface area contributed by atoms with Crippen LogP contribution in [0.25, 0.3) is 11.6 Å². The third kappa shape index (κ3) is 5.45. The summed E-state index contributed by atoms with van der Waals surface area (Å²) in [4.78, 5) is 38.6. The smallest absolute Gasteiger partial charge is 0.423 e. The summed E-state index contributed by atoms with van der Waals surface area (Å²) in [5.74, 6) is -4.16. The molecule has 4 N–H and O–H groups in total. The van der Waals surface area contributed by atoms with Crippen molar-refractivity contribution in [2.45, 2.75) is 39.2 Å². The minimum Gasteiger partial charge on any atom is -0.507 e. The van der Waals surface area contributed by atoms with Crippen LogP contribution < -0.4 is 0 Å². The number of aryl methyl sites for hydroxylation is 2. The van der Waals surface area contributed by atoms with Crippen molar-refractivity contribution in [2.75, 3.05) is 20.3 Å². The summed E-state index contributed by atoms with van der Waals surface area (Å²) in [6.07, 6.45) is 0.412. The molecule has 0 aromatic heterocycles. The molecule has 1 aliphatic carbocycles. The monoisotopic (exact) mass is 549 g/mol. The van der Waals surface area contributed by atoms with Crippen LogP contribution in [0.2, 0.25) is 0 Å². The van der Waals surface area contributed by atoms with Gasteiger partial charge in [-0.15, -0.1) is 0 Å². The summed E-state index contributed by atoms with van der Waals surface area (Å²) in [5, 5.41) is 42.1. The Morgan fingerprint density at radius 2 is 1.75 bits per heavy atom. The highest BCUT2D eigenvalue weighted by molar-refractivity contribution is 6.16. The second-order valence-electron chi connectivity index (χ2n) is 10.4. The third-order valence-corrected chi connectivity index (χ3v) is 7.97. The van der Waals surface area contributed by atoms with E-state index in [-0.39, 0.29) is 18.6 Å². The summed E-state index contributed by atoms with van der Waals surface area (Å²) in [6, 6.07) is 13.4. The zero-order valence-electron chi connectivity index (χ0n) is 22.8. The Labute approximate surface area is 233 Å². The average Bonchev–Trinajstić information content (AvgIpc) is 3.21. The molecule has 2 aliphatic rings. The molecule has 212 valence electrons. The van der Waals surface area contributed by atoms with Gasteiger partial charge in [0.25, 0.3) is 0 Å². The van der Waals surface area contributed by atoms with E-state index in [4.69, 9.17) is 0 Å². The van der Waals surface area contributed by atoms with Crippen molar-refractivity contribution in [3.63, 3.8) is 0 Å². The molecule has 4 atom stereocenters. The third-order valence-electron chi connectivity index (χ3n) is 7.97. The molecule has 1 saturated heterocycles. The minimum absolute atomic E-state index is 0.00439. The van der Waals surface area contributed by atoms with Gasteiger partial charge in [-0.05, 0) is 84.2 Å². The van der Waals surface area contributed by atoms with E-state index in [1.165, 1.54) is 0 Å². The molecule has 40 heavy (non-hydrogen) atoms. The first kappa shape index (κ1) is 29.2. The SMILES string of the molecule is COC(=O)N1C(=O)[C@@H]2[C@@H](CC(CO)=C([C@H](O)CC/C(=C/c3cc(C)c(O)c(C)c3)c3ccccc3)[C@@H]2CO)C1=O. The number of hydrogen-bond donors (Lipinski definition) is 4. The second-order valence-corrected chi connectivity index (χ2v) is 10.4. The molecule has 9 heteroatoms. The van der Waals surface area contributed by atoms with Gasteiger partial charge in [0, 0.05) is 5.92 Å². The van der Waals surface area contributed by atoms with Crippen molar-refractivity contribution in [1.82, 2.24) is 4.90 Å². The van der Waals surface area contributed by atoms with Gasteiger partial charge in [-0.3, -0.25) is 9.59 Å². The number of likely N-dealkylation sites (tertiary alicyclic amines) is 1. The fourth-order valence-corrected chi connectivity index (χ4v) is 6.05. The Hall–Kier alpha value is -3.79. The Kier molecular flexibility index (Phi) is 8.88. The highest BCUT2D eigenvalue weighted by atomic mass is 16.5. The Bertz CT molecular complexity index is 1340. The summed E-state index contributed by atoms with van der Waals surface area (Å²) in [7, 11) is 1.07. The second kappa shape index (κ2) is 12.2. The van der Waals surface area contributed by atoms with Crippen LogP contribution in [0.15, 0.2) is 53.6 Å². The normalized spacial score (nSPS) is 22.0. The number of methoxy groups -OCH3 is 1. The lowest BCUT2D eigenvalue weighted by atomic mass is 9.68. The molecule has 1 fully saturated rings. The summed E-state index contributed by atoms with van der Waals surface area (Å²) < 4.78 is 4.60. The molecular weight excluding hydrogens is 514 g/mol. The Morgan fingerprint density at radius 3 is 2.33 bits per heavy atom. The van der Waals surface area contributed by atoms with Gasteiger partial charge < -0.3 is 25.2 Å². The number of carbonyl (C=O) groups excluding carboxylic acids is 3. The number of allylic oxidation sites excluding steroid dienone is 1. The Morgan fingerprint density at radius 1 is 1.10 bits per heavy atom. The number of ether oxygens (including phenoxy) is 1. The molecule has 4 rings (SSSR count). The summed E-state index contributed by atoms with van der Waals surface area (Å²) in [5.41, 5.74) is 4.98. The van der Waals surface area contributed by atoms with Crippen molar-refractivity contribution in [3.8, 4) is 5.75 Å². The van der Waals surface area contributed by atoms with Gasteiger partial charge in [0.2, 0.25) is 11.8 Å². The fourth-order valence-electron chi connectivity index (χ4n) is 6.05. The standard InChI is InChI=1S/C31H35NO8/c1-17-11-19(12-18(2)28(17)36)13-21(20-7-5-4-6-8-20)9-10-25(35)26-22(15-33)14-23-27(24(26)16-34)30(38)32(29(23)37)31(39)40-3/h4-8,11-13,23-25,27,33-36H,9-10,14-16H2,1-3H3/b21-13-/t23-,24+,25-,27-/m1/s1. The van der Waals surface area contributed by atoms with Crippen LogP contribution in [0.3, 0.4) is 0 Å². The quantitative estimate of drug-likeness (QED) is 0.223. The van der Waals surface area contributed by atoms with E-state index in [1.54, 1.807) is 0 Å². The lowest BCUT2D eigenvalue weighted by Gasteiger charge is -2.36. The number of aliphatic hydroxyl groups is 3. The minimum atomic E-state index is -1.12. The summed E-state index contributed by atoms with van der Waals surface area (Å²) >= 11 is 0. The van der Waals surface area contributed by atoms with Crippen LogP contribution in [-0.4, -0.2) is 69.7 Å². The Balaban J connectivity index is 1.65. The van der Waals surface area contributed by atoms with Crippen molar-refractivity contribution in [2.24, 2.45) is 17.8 Å². The zero-order valence-corrected chi connectivity index (χ0v) is 22.8. The van der Waals surface area contributed by atoms with Gasteiger partial charge >= 0.3 is 6.09 Å². The average molecular weight is 550 g/mol. The number of aliphatic hydroxyl groups excluding tert-OH is 3. The number of imide groups is 3. The van der Waals surface area contributed by atoms with Crippen LogP contribution in [0, 0.1) is 31.6 Å². The van der Waals surface area contributed by atoms with E-state index in [1.807, 2.05) is 62.4 Å². The van der Waals surface area contributed by atoms with Crippen molar-refractivity contribution in [3.05, 3.63) is 75.9 Å². The maximum absolute atomic E-state index is 13.1. The zero-order chi connectivity index (χ0) is 29.1. The molecule has 3 amide bonds. The molecule has 2 aromatic carbocycles. The number of rotatable bonds is 8. The predicted octanol–water partition coefficient (Wildman–Crippen LogP) is 3.36. The molecule has 0 radical (unpaired) electrons. The number of benzene rings is 2. The van der Waals surface area contributed by atoms with Crippen molar-refractivity contribution < 1.29 is 39.5 Å². The van der Waals surface area contributed by atoms with Gasteiger partial charge in [-0.25, -0.2) is 4.79 Å². The number of nitrogens with zero attached hydrogens (tertiary/aromatic N) is 1. The molecule has 1 heterocycles. The van der Waals surface area contributed by atoms with Crippen molar-refractivity contribution >= 4 is 29.6 Å². The summed E-state index contributed by atoms with van der Waals surface area (Å²) in [6.45, 7) is 2.66. The number of carbonyl (C=O) groups is 3. The molecule has 0 bridgehead atoms. The van der Waals surface area contributed by atoms with E-state index in [2.05, 4.69) is 4.74 Å². The molecule has 1 aliphatic heterocycles. The van der Waals surface area contributed by atoms with E-state index in [9.17, 15) is 34.8 Å². The number of amides is 3. The van der Waals surface area contributed by atoms with Gasteiger partial charge in [0.05, 0.1) is 38.3 Å². The number of phenols is 1. The molecule has 9 nitrogen and oxygen atoms in total. The van der Waals surface area contributed by atoms with Gasteiger partial charge in [0.15, 0.2) is 0 Å². The molecule has 0 unspecified atom stereocenters. The lowest BCUT2D eigenvalue weighted by Crippen LogP contribution is -2.40. The van der Waals surface area contributed by atoms with E-state index in [0.29, 0.717) is 22.5 Å². The van der Waals surface area contributed by atoms with E-state index in [0.717, 1.165) is 34.9 Å². The van der Waals surface area contributed by atoms with E-state index >= 15 is 0 Å². The lowest BCUT2D eigenvalue weighted by molar-refractivity contribution is -0.137. The van der Waals surface area contributed by atoms with Crippen LogP contribution in [0.4, 0.5) is 4.79 Å². The van der Waals surface area contributed by atoms with Gasteiger partial charge in [-0.1, -0.05) is 36.4 Å². The number of fused-ring (bicyclic) bond motifs is 1. The van der Waals surface area contributed by atoms with E-state index < -0.39 is 55.0 Å². The maximum Gasteiger partial charge on any atom is 0.423 e. The fraction of sp³-hybridized carbons (Fsp3) is 0.387. The van der Waals surface area contributed by atoms with Crippen LogP contribution in [-0.2, 0) is 14.3 Å². The van der Waals surface area contributed by atoms with Crippen LogP contribution in [0.5, 0.6) is 5.75 Å². The predicted molar refractivity (Wildman–Crippen MR) is 148 cm³/mol. The number of hydrogen-bond acceptors (Lipinski definition) is 8. The first-order valence-corrected chi connectivity index (χ1v) is 13.3. The first-order chi connectivity index (χ1) is 19.1. The molecule has 0 saturated carbocycles. The highest BCUT2D eigenvalue weighted by Gasteiger charge is 2.57. The van der Waals surface area contributed by atoms with Crippen molar-refractivity contribution in [1.29, 1.82) is 0 Å². The topological polar surface area (TPSA) is 145 Å². The number of aromatic hydroxyl groups is 1. The van der Waals surface area contributed by atoms with Crippen LogP contribution >= 0.6 is 0 Å². The van der Waals surface area contributed by atoms with Gasteiger partial charge in [-0.2, -0.15) is 4.90 Å². The van der Waals surface area contributed by atoms with Gasteiger partial charge in [0.1, 0.15) is 5.75 Å². The largest absolute Gasteiger partial charge is 0.507 e. The molecule has 2 aromatic rings. The number of phenolic OH excluding ortho intramolecular Hbond substituents is 1.